The van der Waals surface area contributed by atoms with Crippen molar-refractivity contribution in [2.24, 2.45) is 0 Å². The van der Waals surface area contributed by atoms with Gasteiger partial charge in [0.05, 0.1) is 0 Å². The van der Waals surface area contributed by atoms with Gasteiger partial charge in [0.15, 0.2) is 0 Å². The van der Waals surface area contributed by atoms with Crippen molar-refractivity contribution in [2.45, 2.75) is 6.42 Å². The van der Waals surface area contributed by atoms with E-state index in [4.69, 9.17) is 0 Å². The van der Waals surface area contributed by atoms with Crippen LogP contribution in [0.15, 0.2) is 0 Å². The lowest BCUT2D eigenvalue weighted by Crippen LogP contribution is -2.11. The molecule has 2 nitrogen and oxygen atoms in total. The lowest BCUT2D eigenvalue weighted by Gasteiger charge is -1.88. The quantitative estimate of drug-likeness (QED) is 0.312. The third-order valence-electron chi connectivity index (χ3n) is 0.508. The molecule has 0 spiro atoms. The Kier molecular flexibility index (Phi) is 6.38. The molecule has 0 saturated heterocycles. The van der Waals surface area contributed by atoms with Gasteiger partial charge in [-0.15, -0.1) is 0 Å². The number of rotatable bonds is 4. The Hall–Kier alpha value is 0.200. The van der Waals surface area contributed by atoms with Gasteiger partial charge in [0.2, 0.25) is 0 Å². The molecule has 0 fully saturated rings. The van der Waals surface area contributed by atoms with Gasteiger partial charge < -0.3 is 5.32 Å². The second-order valence-corrected chi connectivity index (χ2v) is 2.15. The van der Waals surface area contributed by atoms with E-state index in [0.717, 1.165) is 17.4 Å². The molecular formula is C4H7INO. The minimum atomic E-state index is 0.756. The van der Waals surface area contributed by atoms with Gasteiger partial charge in [-0.3, -0.25) is 4.79 Å². The zero-order valence-electron chi connectivity index (χ0n) is 3.91. The molecule has 0 saturated carbocycles. The van der Waals surface area contributed by atoms with E-state index in [1.807, 2.05) is 0 Å². The molecule has 0 heterocycles. The first-order valence-corrected chi connectivity index (χ1v) is 3.60. The predicted molar refractivity (Wildman–Crippen MR) is 37.2 cm³/mol. The highest BCUT2D eigenvalue weighted by Gasteiger charge is 1.78. The van der Waals surface area contributed by atoms with Crippen LogP contribution in [-0.4, -0.2) is 17.4 Å². The van der Waals surface area contributed by atoms with E-state index in [9.17, 15) is 4.79 Å². The van der Waals surface area contributed by atoms with Crippen LogP contribution in [0.1, 0.15) is 6.42 Å². The molecule has 0 bridgehead atoms. The number of hydrogen-bond donors (Lipinski definition) is 1. The Bertz CT molecular complexity index is 49.0. The number of alkyl halides is 1. The smallest absolute Gasteiger partial charge is 0.309 e. The molecule has 0 aromatic heterocycles. The van der Waals surface area contributed by atoms with E-state index in [-0.39, 0.29) is 0 Å². The van der Waals surface area contributed by atoms with Gasteiger partial charge in [-0.1, -0.05) is 22.6 Å². The third-order valence-corrected chi connectivity index (χ3v) is 1.27. The molecule has 3 heteroatoms. The van der Waals surface area contributed by atoms with Crippen molar-refractivity contribution in [3.05, 3.63) is 0 Å². The molecular weight excluding hydrogens is 205 g/mol. The van der Waals surface area contributed by atoms with E-state index in [1.165, 1.54) is 0 Å². The van der Waals surface area contributed by atoms with Crippen LogP contribution in [0.5, 0.6) is 0 Å². The van der Waals surface area contributed by atoms with Crippen LogP contribution in [0.25, 0.3) is 0 Å². The molecule has 41 valence electrons. The number of nitrogens with one attached hydrogen (secondary N) is 1. The van der Waals surface area contributed by atoms with E-state index >= 15 is 0 Å². The number of carbonyl (C=O) groups excluding carboxylic acids is 1. The molecule has 1 amide bonds. The molecule has 0 aliphatic heterocycles. The summed E-state index contributed by atoms with van der Waals surface area (Å²) in [7, 11) is 0. The Labute approximate surface area is 56.8 Å². The van der Waals surface area contributed by atoms with Crippen molar-refractivity contribution in [1.29, 1.82) is 0 Å². The second-order valence-electron chi connectivity index (χ2n) is 1.07. The maximum atomic E-state index is 9.44. The number of halogens is 1. The molecule has 0 aliphatic carbocycles. The highest BCUT2D eigenvalue weighted by molar-refractivity contribution is 14.1. The normalized spacial score (nSPS) is 8.14. The summed E-state index contributed by atoms with van der Waals surface area (Å²) in [5.74, 6) is 0. The second kappa shape index (κ2) is 6.20. The summed E-state index contributed by atoms with van der Waals surface area (Å²) >= 11 is 2.26. The highest BCUT2D eigenvalue weighted by Crippen LogP contribution is 1.83. The van der Waals surface area contributed by atoms with Crippen molar-refractivity contribution in [1.82, 2.24) is 5.32 Å². The number of amides is 1. The van der Waals surface area contributed by atoms with Crippen molar-refractivity contribution < 1.29 is 4.79 Å². The molecule has 0 aliphatic rings. The molecule has 0 rings (SSSR count). The largest absolute Gasteiger partial charge is 0.348 e. The minimum absolute atomic E-state index is 0.756. The van der Waals surface area contributed by atoms with Gasteiger partial charge in [-0.05, 0) is 6.42 Å². The zero-order valence-corrected chi connectivity index (χ0v) is 6.07. The van der Waals surface area contributed by atoms with Crippen molar-refractivity contribution >= 4 is 29.0 Å². The average Bonchev–Trinajstić information content (AvgIpc) is 1.69. The van der Waals surface area contributed by atoms with Gasteiger partial charge in [0.1, 0.15) is 0 Å². The molecule has 0 unspecified atom stereocenters. The summed E-state index contributed by atoms with van der Waals surface area (Å²) in [5, 5.41) is 2.44. The summed E-state index contributed by atoms with van der Waals surface area (Å²) in [5.41, 5.74) is 0. The van der Waals surface area contributed by atoms with Crippen LogP contribution < -0.4 is 5.32 Å². The lowest BCUT2D eigenvalue weighted by molar-refractivity contribution is 0.542. The van der Waals surface area contributed by atoms with Crippen molar-refractivity contribution in [3.63, 3.8) is 0 Å². The Balaban J connectivity index is 2.56. The van der Waals surface area contributed by atoms with E-state index in [1.54, 1.807) is 6.41 Å². The Morgan fingerprint density at radius 1 is 1.71 bits per heavy atom. The average molecular weight is 212 g/mol. The summed E-state index contributed by atoms with van der Waals surface area (Å²) in [4.78, 5) is 9.44. The molecule has 7 heavy (non-hydrogen) atoms. The third kappa shape index (κ3) is 6.20. The predicted octanol–water partition coefficient (Wildman–Crippen LogP) is 0.468. The minimum Gasteiger partial charge on any atom is -0.348 e. The number of hydrogen-bond acceptors (Lipinski definition) is 1. The van der Waals surface area contributed by atoms with Crippen LogP contribution in [-0.2, 0) is 4.79 Å². The molecule has 0 aromatic carbocycles. The molecule has 0 aromatic rings. The van der Waals surface area contributed by atoms with Gasteiger partial charge in [0, 0.05) is 11.0 Å². The molecule has 1 radical (unpaired) electrons. The zero-order chi connectivity index (χ0) is 5.54. The highest BCUT2D eigenvalue weighted by atomic mass is 127. The first-order chi connectivity index (χ1) is 3.41. The summed E-state index contributed by atoms with van der Waals surface area (Å²) in [6.45, 7) is 0.756. The Morgan fingerprint density at radius 2 is 2.43 bits per heavy atom. The van der Waals surface area contributed by atoms with Crippen LogP contribution in [0.2, 0.25) is 0 Å². The maximum Gasteiger partial charge on any atom is 0.309 e. The van der Waals surface area contributed by atoms with E-state index in [2.05, 4.69) is 27.9 Å². The topological polar surface area (TPSA) is 29.1 Å². The summed E-state index contributed by atoms with van der Waals surface area (Å²) in [6.07, 6.45) is 2.64. The van der Waals surface area contributed by atoms with Crippen molar-refractivity contribution in [2.75, 3.05) is 11.0 Å². The lowest BCUT2D eigenvalue weighted by atomic mass is 10.5. The monoisotopic (exact) mass is 212 g/mol. The SMILES string of the molecule is O=[C]NCCCI. The fraction of sp³-hybridized carbons (Fsp3) is 0.750. The van der Waals surface area contributed by atoms with Gasteiger partial charge >= 0.3 is 6.41 Å². The van der Waals surface area contributed by atoms with Gasteiger partial charge in [-0.25, -0.2) is 0 Å². The van der Waals surface area contributed by atoms with Crippen LogP contribution >= 0.6 is 22.6 Å². The first kappa shape index (κ1) is 7.20. The molecule has 1 N–H and O–H groups in total. The maximum absolute atomic E-state index is 9.44. The summed E-state index contributed by atoms with van der Waals surface area (Å²) in [6, 6.07) is 0. The van der Waals surface area contributed by atoms with E-state index in [0.29, 0.717) is 0 Å². The first-order valence-electron chi connectivity index (χ1n) is 2.07. The van der Waals surface area contributed by atoms with Crippen LogP contribution in [0.4, 0.5) is 0 Å². The fourth-order valence-corrected chi connectivity index (χ4v) is 0.588. The Morgan fingerprint density at radius 3 is 2.86 bits per heavy atom. The van der Waals surface area contributed by atoms with Crippen molar-refractivity contribution in [3.8, 4) is 0 Å². The fourth-order valence-electron chi connectivity index (χ4n) is 0.206. The van der Waals surface area contributed by atoms with E-state index < -0.39 is 0 Å². The standard InChI is InChI=1S/C4H7INO/c5-2-1-3-6-4-7/h1-3H2,(H,6,7). The van der Waals surface area contributed by atoms with Gasteiger partial charge in [0.25, 0.3) is 0 Å². The van der Waals surface area contributed by atoms with Gasteiger partial charge in [-0.2, -0.15) is 0 Å². The summed E-state index contributed by atoms with van der Waals surface area (Å²) < 4.78 is 1.09. The van der Waals surface area contributed by atoms with Crippen LogP contribution in [0.3, 0.4) is 0 Å². The molecule has 0 atom stereocenters. The van der Waals surface area contributed by atoms with Crippen LogP contribution in [0, 0.1) is 0 Å².